The Bertz CT molecular complexity index is 443. The van der Waals surface area contributed by atoms with E-state index in [-0.39, 0.29) is 11.1 Å². The second-order valence-corrected chi connectivity index (χ2v) is 7.40. The van der Waals surface area contributed by atoms with Gasteiger partial charge in [-0.3, -0.25) is 4.68 Å². The van der Waals surface area contributed by atoms with Crippen LogP contribution in [0, 0.1) is 11.8 Å². The Hall–Kier alpha value is -0.870. The van der Waals surface area contributed by atoms with Crippen LogP contribution >= 0.6 is 0 Å². The molecule has 0 amide bonds. The maximum Gasteiger partial charge on any atom is 0.0712 e. The fourth-order valence-electron chi connectivity index (χ4n) is 5.09. The van der Waals surface area contributed by atoms with E-state index in [0.29, 0.717) is 25.0 Å². The lowest BCUT2D eigenvalue weighted by Crippen LogP contribution is -2.56. The van der Waals surface area contributed by atoms with Gasteiger partial charge in [0.05, 0.1) is 24.4 Å². The van der Waals surface area contributed by atoms with Crippen LogP contribution in [0.1, 0.15) is 46.0 Å². The van der Waals surface area contributed by atoms with Crippen molar-refractivity contribution in [3.8, 4) is 0 Å². The number of ether oxygens (including phenoxy) is 2. The standard InChI is InChI=1S/C17H28N2O2/c1-14-9-16(19-6-4-5-18-19)10-15(2)12-17(11-14,13-16)21-8-7-20-3/h4-6,14-15H,7-13H2,1-3H3. The lowest BCUT2D eigenvalue weighted by atomic mass is 9.58. The van der Waals surface area contributed by atoms with E-state index in [0.717, 1.165) is 6.42 Å². The topological polar surface area (TPSA) is 36.3 Å². The van der Waals surface area contributed by atoms with Crippen molar-refractivity contribution in [3.05, 3.63) is 18.5 Å². The van der Waals surface area contributed by atoms with E-state index >= 15 is 0 Å². The molecule has 3 rings (SSSR count). The predicted molar refractivity (Wildman–Crippen MR) is 82.2 cm³/mol. The van der Waals surface area contributed by atoms with Gasteiger partial charge < -0.3 is 9.47 Å². The minimum Gasteiger partial charge on any atom is -0.382 e. The smallest absolute Gasteiger partial charge is 0.0712 e. The highest BCUT2D eigenvalue weighted by molar-refractivity contribution is 5.07. The first-order valence-corrected chi connectivity index (χ1v) is 8.21. The van der Waals surface area contributed by atoms with Crippen molar-refractivity contribution in [2.45, 2.75) is 57.1 Å². The van der Waals surface area contributed by atoms with Gasteiger partial charge in [-0.15, -0.1) is 0 Å². The highest BCUT2D eigenvalue weighted by atomic mass is 16.5. The van der Waals surface area contributed by atoms with Crippen LogP contribution in [-0.4, -0.2) is 35.7 Å². The van der Waals surface area contributed by atoms with Crippen LogP contribution in [0.3, 0.4) is 0 Å². The Morgan fingerprint density at radius 3 is 2.43 bits per heavy atom. The fraction of sp³-hybridized carbons (Fsp3) is 0.824. The molecule has 4 heteroatoms. The first-order chi connectivity index (χ1) is 10.1. The van der Waals surface area contributed by atoms with Crippen molar-refractivity contribution in [1.82, 2.24) is 9.78 Å². The minimum atomic E-state index is 0.0137. The van der Waals surface area contributed by atoms with Gasteiger partial charge in [-0.05, 0) is 43.6 Å². The van der Waals surface area contributed by atoms with Gasteiger partial charge in [-0.2, -0.15) is 5.10 Å². The molecule has 0 aliphatic heterocycles. The molecule has 2 atom stereocenters. The number of fused-ring (bicyclic) bond motifs is 2. The summed E-state index contributed by atoms with van der Waals surface area (Å²) in [5.74, 6) is 1.36. The van der Waals surface area contributed by atoms with Crippen LogP contribution in [0.2, 0.25) is 0 Å². The van der Waals surface area contributed by atoms with Crippen molar-refractivity contribution in [3.63, 3.8) is 0 Å². The van der Waals surface area contributed by atoms with Crippen molar-refractivity contribution >= 4 is 0 Å². The zero-order valence-corrected chi connectivity index (χ0v) is 13.5. The van der Waals surface area contributed by atoms with E-state index in [1.165, 1.54) is 25.7 Å². The molecular weight excluding hydrogens is 264 g/mol. The summed E-state index contributed by atoms with van der Waals surface area (Å²) in [6, 6.07) is 2.04. The van der Waals surface area contributed by atoms with Gasteiger partial charge in [0, 0.05) is 25.9 Å². The average Bonchev–Trinajstić information content (AvgIpc) is 2.91. The van der Waals surface area contributed by atoms with Gasteiger partial charge in [-0.25, -0.2) is 0 Å². The van der Waals surface area contributed by atoms with Crippen LogP contribution in [0.25, 0.3) is 0 Å². The third-order valence-electron chi connectivity index (χ3n) is 5.24. The second kappa shape index (κ2) is 5.73. The van der Waals surface area contributed by atoms with Crippen LogP contribution < -0.4 is 0 Å². The molecule has 118 valence electrons. The molecule has 0 spiro atoms. The molecule has 21 heavy (non-hydrogen) atoms. The number of nitrogens with zero attached hydrogens (tertiary/aromatic N) is 2. The lowest BCUT2D eigenvalue weighted by molar-refractivity contribution is -0.161. The molecule has 2 fully saturated rings. The predicted octanol–water partition coefficient (Wildman–Crippen LogP) is 3.23. The number of hydrogen-bond acceptors (Lipinski definition) is 3. The Labute approximate surface area is 127 Å². The first kappa shape index (κ1) is 15.0. The molecule has 2 unspecified atom stereocenters. The van der Waals surface area contributed by atoms with Crippen molar-refractivity contribution in [2.24, 2.45) is 11.8 Å². The summed E-state index contributed by atoms with van der Waals surface area (Å²) < 4.78 is 13.8. The number of hydrogen-bond donors (Lipinski definition) is 0. The molecule has 0 aromatic carbocycles. The Balaban J connectivity index is 1.87. The van der Waals surface area contributed by atoms with Gasteiger partial charge in [0.2, 0.25) is 0 Å². The van der Waals surface area contributed by atoms with Gasteiger partial charge >= 0.3 is 0 Å². The highest BCUT2D eigenvalue weighted by Crippen LogP contribution is 2.54. The first-order valence-electron chi connectivity index (χ1n) is 8.21. The van der Waals surface area contributed by atoms with E-state index in [1.54, 1.807) is 7.11 Å². The molecule has 1 heterocycles. The summed E-state index contributed by atoms with van der Waals surface area (Å²) >= 11 is 0. The molecule has 2 bridgehead atoms. The summed E-state index contributed by atoms with van der Waals surface area (Å²) in [5.41, 5.74) is 0.158. The summed E-state index contributed by atoms with van der Waals surface area (Å²) in [6.45, 7) is 6.11. The Kier molecular flexibility index (Phi) is 4.10. The molecule has 2 aliphatic carbocycles. The molecule has 1 aromatic heterocycles. The number of rotatable bonds is 5. The van der Waals surface area contributed by atoms with Crippen LogP contribution in [0.15, 0.2) is 18.5 Å². The third kappa shape index (κ3) is 2.88. The quantitative estimate of drug-likeness (QED) is 0.782. The normalized spacial score (nSPS) is 39.4. The molecular formula is C17H28N2O2. The van der Waals surface area contributed by atoms with Crippen LogP contribution in [0.4, 0.5) is 0 Å². The van der Waals surface area contributed by atoms with E-state index in [2.05, 4.69) is 29.8 Å². The molecule has 1 aromatic rings. The number of methoxy groups -OCH3 is 1. The zero-order chi connectivity index (χ0) is 14.9. The molecule has 0 N–H and O–H groups in total. The van der Waals surface area contributed by atoms with Crippen molar-refractivity contribution in [1.29, 1.82) is 0 Å². The zero-order valence-electron chi connectivity index (χ0n) is 13.5. The van der Waals surface area contributed by atoms with Crippen molar-refractivity contribution in [2.75, 3.05) is 20.3 Å². The fourth-order valence-corrected chi connectivity index (χ4v) is 5.09. The largest absolute Gasteiger partial charge is 0.382 e. The summed E-state index contributed by atoms with van der Waals surface area (Å²) in [4.78, 5) is 0. The lowest BCUT2D eigenvalue weighted by Gasteiger charge is -2.55. The minimum absolute atomic E-state index is 0.0137. The van der Waals surface area contributed by atoms with Gasteiger partial charge in [0.25, 0.3) is 0 Å². The molecule has 2 saturated carbocycles. The SMILES string of the molecule is COCCOC12CC(C)CC(n3cccn3)(CC(C)C1)C2. The van der Waals surface area contributed by atoms with E-state index in [9.17, 15) is 0 Å². The average molecular weight is 292 g/mol. The van der Waals surface area contributed by atoms with E-state index < -0.39 is 0 Å². The molecule has 4 nitrogen and oxygen atoms in total. The number of aromatic nitrogens is 2. The van der Waals surface area contributed by atoms with E-state index in [1.807, 2.05) is 12.3 Å². The van der Waals surface area contributed by atoms with Crippen LogP contribution in [-0.2, 0) is 15.0 Å². The Morgan fingerprint density at radius 2 is 1.86 bits per heavy atom. The maximum absolute atomic E-state index is 6.38. The monoisotopic (exact) mass is 292 g/mol. The molecule has 2 aliphatic rings. The summed E-state index contributed by atoms with van der Waals surface area (Å²) in [5, 5.41) is 4.58. The van der Waals surface area contributed by atoms with E-state index in [4.69, 9.17) is 9.47 Å². The van der Waals surface area contributed by atoms with Gasteiger partial charge in [-0.1, -0.05) is 13.8 Å². The van der Waals surface area contributed by atoms with Gasteiger partial charge in [0.1, 0.15) is 0 Å². The molecule has 0 radical (unpaired) electrons. The Morgan fingerprint density at radius 1 is 1.14 bits per heavy atom. The third-order valence-corrected chi connectivity index (χ3v) is 5.24. The van der Waals surface area contributed by atoms with Crippen molar-refractivity contribution < 1.29 is 9.47 Å². The summed E-state index contributed by atoms with van der Waals surface area (Å²) in [7, 11) is 1.74. The maximum atomic E-state index is 6.38. The summed E-state index contributed by atoms with van der Waals surface area (Å²) in [6.07, 6.45) is 9.91. The van der Waals surface area contributed by atoms with Crippen LogP contribution in [0.5, 0.6) is 0 Å². The van der Waals surface area contributed by atoms with Gasteiger partial charge in [0.15, 0.2) is 0 Å². The molecule has 0 saturated heterocycles. The highest BCUT2D eigenvalue weighted by Gasteiger charge is 2.54. The second-order valence-electron chi connectivity index (χ2n) is 7.40.